The van der Waals surface area contributed by atoms with E-state index in [1.54, 1.807) is 42.8 Å². The monoisotopic (exact) mass is 376 g/mol. The summed E-state index contributed by atoms with van der Waals surface area (Å²) in [6, 6.07) is 16.0. The quantitative estimate of drug-likeness (QED) is 0.528. The van der Waals surface area contributed by atoms with E-state index < -0.39 is 11.7 Å². The maximum atomic E-state index is 12.8. The van der Waals surface area contributed by atoms with Crippen LogP contribution in [-0.4, -0.2) is 27.4 Å². The highest BCUT2D eigenvalue weighted by Crippen LogP contribution is 2.20. The second kappa shape index (κ2) is 7.87. The number of anilines is 2. The number of amides is 2. The van der Waals surface area contributed by atoms with E-state index in [1.807, 2.05) is 30.3 Å². The molecule has 1 heterocycles. The Kier molecular flexibility index (Phi) is 5.35. The molecule has 7 heteroatoms. The first-order valence-corrected chi connectivity index (χ1v) is 8.72. The summed E-state index contributed by atoms with van der Waals surface area (Å²) in [5.74, 6) is -1.65. The van der Waals surface area contributed by atoms with Gasteiger partial charge in [0.1, 0.15) is 0 Å². The lowest BCUT2D eigenvalue weighted by atomic mass is 10.1. The van der Waals surface area contributed by atoms with Crippen LogP contribution in [0.3, 0.4) is 0 Å². The van der Waals surface area contributed by atoms with Crippen LogP contribution in [0.1, 0.15) is 28.7 Å². The van der Waals surface area contributed by atoms with Crippen molar-refractivity contribution in [1.82, 2.24) is 9.78 Å². The van der Waals surface area contributed by atoms with Crippen LogP contribution < -0.4 is 10.6 Å². The molecule has 7 nitrogen and oxygen atoms in total. The maximum absolute atomic E-state index is 12.8. The van der Waals surface area contributed by atoms with Crippen LogP contribution in [0.2, 0.25) is 0 Å². The van der Waals surface area contributed by atoms with E-state index in [2.05, 4.69) is 15.7 Å². The predicted molar refractivity (Wildman–Crippen MR) is 107 cm³/mol. The molecule has 3 aromatic rings. The Hall–Kier alpha value is -3.74. The average Bonchev–Trinajstić information content (AvgIpc) is 2.96. The number of carbonyl (C=O) groups excluding carboxylic acids is 3. The Bertz CT molecular complexity index is 1050. The highest BCUT2D eigenvalue weighted by atomic mass is 16.2. The number of nitrogens with one attached hydrogen (secondary N) is 2. The molecule has 1 aromatic heterocycles. The molecule has 0 saturated heterocycles. The second-order valence-electron chi connectivity index (χ2n) is 6.34. The fourth-order valence-electron chi connectivity index (χ4n) is 2.97. The third-order valence-electron chi connectivity index (χ3n) is 4.17. The maximum Gasteiger partial charge on any atom is 0.296 e. The standard InChI is InChI=1S/C21H20N4O3/c1-13-19(14(2)25(24-13)18-10-5-4-6-11-18)20(27)21(28)23-17-9-7-8-16(12-17)22-15(3)26/h4-12H,1-3H3,(H,22,26)(H,23,28). The lowest BCUT2D eigenvalue weighted by Crippen LogP contribution is -2.24. The van der Waals surface area contributed by atoms with E-state index in [4.69, 9.17) is 0 Å². The van der Waals surface area contributed by atoms with E-state index in [-0.39, 0.29) is 11.5 Å². The number of para-hydroxylation sites is 1. The molecule has 2 amide bonds. The van der Waals surface area contributed by atoms with E-state index >= 15 is 0 Å². The van der Waals surface area contributed by atoms with Gasteiger partial charge in [0.25, 0.3) is 11.7 Å². The average molecular weight is 376 g/mol. The molecule has 0 aliphatic heterocycles. The summed E-state index contributed by atoms with van der Waals surface area (Å²) in [4.78, 5) is 36.4. The number of carbonyl (C=O) groups is 3. The zero-order valence-corrected chi connectivity index (χ0v) is 15.8. The van der Waals surface area contributed by atoms with Gasteiger partial charge in [-0.25, -0.2) is 4.68 Å². The number of benzene rings is 2. The van der Waals surface area contributed by atoms with Gasteiger partial charge in [-0.3, -0.25) is 14.4 Å². The van der Waals surface area contributed by atoms with Gasteiger partial charge in [0.15, 0.2) is 0 Å². The van der Waals surface area contributed by atoms with E-state index in [0.717, 1.165) is 5.69 Å². The minimum absolute atomic E-state index is 0.223. The van der Waals surface area contributed by atoms with E-state index in [1.165, 1.54) is 6.92 Å². The lowest BCUT2D eigenvalue weighted by Gasteiger charge is -2.08. The van der Waals surface area contributed by atoms with Crippen molar-refractivity contribution in [3.05, 3.63) is 71.5 Å². The van der Waals surface area contributed by atoms with Crippen LogP contribution in [-0.2, 0) is 9.59 Å². The molecule has 0 fully saturated rings. The number of ketones is 1. The number of nitrogens with zero attached hydrogens (tertiary/aromatic N) is 2. The third kappa shape index (κ3) is 3.98. The minimum Gasteiger partial charge on any atom is -0.326 e. The summed E-state index contributed by atoms with van der Waals surface area (Å²) in [6.45, 7) is 4.85. The molecule has 0 unspecified atom stereocenters. The Balaban J connectivity index is 1.84. The van der Waals surface area contributed by atoms with Crippen LogP contribution in [0.4, 0.5) is 11.4 Å². The van der Waals surface area contributed by atoms with Gasteiger partial charge in [-0.2, -0.15) is 5.10 Å². The highest BCUT2D eigenvalue weighted by molar-refractivity contribution is 6.47. The molecule has 0 spiro atoms. The van der Waals surface area contributed by atoms with Crippen molar-refractivity contribution in [2.24, 2.45) is 0 Å². The van der Waals surface area contributed by atoms with E-state index in [9.17, 15) is 14.4 Å². The van der Waals surface area contributed by atoms with Crippen molar-refractivity contribution >= 4 is 29.0 Å². The molecule has 0 radical (unpaired) electrons. The van der Waals surface area contributed by atoms with Crippen LogP contribution in [0.15, 0.2) is 54.6 Å². The predicted octanol–water partition coefficient (Wildman–Crippen LogP) is 3.27. The van der Waals surface area contributed by atoms with Gasteiger partial charge >= 0.3 is 0 Å². The first-order valence-electron chi connectivity index (χ1n) is 8.72. The number of aromatic nitrogens is 2. The van der Waals surface area contributed by atoms with Crippen LogP contribution >= 0.6 is 0 Å². The van der Waals surface area contributed by atoms with Crippen molar-refractivity contribution < 1.29 is 14.4 Å². The molecule has 0 aliphatic rings. The van der Waals surface area contributed by atoms with Crippen LogP contribution in [0.5, 0.6) is 0 Å². The Labute approximate surface area is 162 Å². The molecule has 2 N–H and O–H groups in total. The number of aryl methyl sites for hydroxylation is 1. The minimum atomic E-state index is -0.765. The van der Waals surface area contributed by atoms with Gasteiger partial charge in [-0.1, -0.05) is 24.3 Å². The van der Waals surface area contributed by atoms with Gasteiger partial charge in [0, 0.05) is 18.3 Å². The van der Waals surface area contributed by atoms with Gasteiger partial charge in [-0.05, 0) is 44.2 Å². The molecule has 0 saturated carbocycles. The van der Waals surface area contributed by atoms with Gasteiger partial charge < -0.3 is 10.6 Å². The smallest absolute Gasteiger partial charge is 0.296 e. The normalized spacial score (nSPS) is 10.4. The number of hydrogen-bond donors (Lipinski definition) is 2. The Morgan fingerprint density at radius 1 is 0.893 bits per heavy atom. The molecular formula is C21H20N4O3. The lowest BCUT2D eigenvalue weighted by molar-refractivity contribution is -0.114. The molecule has 2 aromatic carbocycles. The first kappa shape index (κ1) is 19.0. The summed E-state index contributed by atoms with van der Waals surface area (Å²) in [6.07, 6.45) is 0. The van der Waals surface area contributed by atoms with Gasteiger partial charge in [0.2, 0.25) is 5.91 Å². The van der Waals surface area contributed by atoms with Crippen molar-refractivity contribution in [1.29, 1.82) is 0 Å². The van der Waals surface area contributed by atoms with Crippen molar-refractivity contribution in [3.8, 4) is 5.69 Å². The molecule has 3 rings (SSSR count). The van der Waals surface area contributed by atoms with Gasteiger partial charge in [0.05, 0.1) is 22.6 Å². The van der Waals surface area contributed by atoms with Gasteiger partial charge in [-0.15, -0.1) is 0 Å². The summed E-state index contributed by atoms with van der Waals surface area (Å²) >= 11 is 0. The summed E-state index contributed by atoms with van der Waals surface area (Å²) < 4.78 is 1.65. The van der Waals surface area contributed by atoms with Crippen LogP contribution in [0, 0.1) is 13.8 Å². The second-order valence-corrected chi connectivity index (χ2v) is 6.34. The van der Waals surface area contributed by atoms with Crippen molar-refractivity contribution in [3.63, 3.8) is 0 Å². The topological polar surface area (TPSA) is 93.1 Å². The molecular weight excluding hydrogens is 356 g/mol. The van der Waals surface area contributed by atoms with Crippen molar-refractivity contribution in [2.75, 3.05) is 10.6 Å². The zero-order chi connectivity index (χ0) is 20.3. The Morgan fingerprint density at radius 2 is 1.54 bits per heavy atom. The number of rotatable bonds is 5. The summed E-state index contributed by atoms with van der Waals surface area (Å²) in [7, 11) is 0. The highest BCUT2D eigenvalue weighted by Gasteiger charge is 2.25. The molecule has 0 aliphatic carbocycles. The Morgan fingerprint density at radius 3 is 2.18 bits per heavy atom. The van der Waals surface area contributed by atoms with Crippen LogP contribution in [0.25, 0.3) is 5.69 Å². The SMILES string of the molecule is CC(=O)Nc1cccc(NC(=O)C(=O)c2c(C)nn(-c3ccccc3)c2C)c1. The number of hydrogen-bond acceptors (Lipinski definition) is 4. The largest absolute Gasteiger partial charge is 0.326 e. The molecule has 28 heavy (non-hydrogen) atoms. The molecule has 0 atom stereocenters. The summed E-state index contributed by atoms with van der Waals surface area (Å²) in [5, 5.41) is 9.62. The van der Waals surface area contributed by atoms with Crippen molar-refractivity contribution in [2.45, 2.75) is 20.8 Å². The van der Waals surface area contributed by atoms with E-state index in [0.29, 0.717) is 22.8 Å². The third-order valence-corrected chi connectivity index (χ3v) is 4.17. The summed E-state index contributed by atoms with van der Waals surface area (Å²) in [5.41, 5.74) is 3.10. The number of Topliss-reactive ketones (excluding diaryl/α,β-unsaturated/α-hetero) is 1. The first-order chi connectivity index (χ1) is 13.4. The fourth-order valence-corrected chi connectivity index (χ4v) is 2.97. The fraction of sp³-hybridized carbons (Fsp3) is 0.143. The molecule has 0 bridgehead atoms. The zero-order valence-electron chi connectivity index (χ0n) is 15.8. The molecule has 142 valence electrons.